The number of fused-ring (bicyclic) bond motifs is 1. The van der Waals surface area contributed by atoms with Crippen LogP contribution in [-0.4, -0.2) is 11.9 Å². The third-order valence-corrected chi connectivity index (χ3v) is 3.10. The summed E-state index contributed by atoms with van der Waals surface area (Å²) in [5.74, 6) is 0.0966. The normalized spacial score (nSPS) is 19.6. The Balaban J connectivity index is 2.25. The van der Waals surface area contributed by atoms with Crippen molar-refractivity contribution in [3.05, 3.63) is 23.8 Å². The summed E-state index contributed by atoms with van der Waals surface area (Å²) >= 11 is 0. The molecule has 1 aromatic carbocycles. The van der Waals surface area contributed by atoms with Crippen LogP contribution in [0.15, 0.2) is 18.2 Å². The van der Waals surface area contributed by atoms with Crippen molar-refractivity contribution < 1.29 is 4.79 Å². The molecule has 98 valence electrons. The van der Waals surface area contributed by atoms with E-state index in [0.29, 0.717) is 6.42 Å². The van der Waals surface area contributed by atoms with Crippen molar-refractivity contribution in [1.29, 1.82) is 0 Å². The van der Waals surface area contributed by atoms with Gasteiger partial charge in [-0.1, -0.05) is 26.8 Å². The average molecular weight is 246 g/mol. The average Bonchev–Trinajstić information content (AvgIpc) is 2.32. The van der Waals surface area contributed by atoms with Gasteiger partial charge in [-0.2, -0.15) is 0 Å². The Hall–Kier alpha value is -1.51. The zero-order valence-corrected chi connectivity index (χ0v) is 11.6. The molecule has 0 bridgehead atoms. The molecule has 0 fully saturated rings. The first-order chi connectivity index (χ1) is 8.33. The second-order valence-corrected chi connectivity index (χ2v) is 6.41. The van der Waals surface area contributed by atoms with E-state index < -0.39 is 0 Å². The first-order valence-corrected chi connectivity index (χ1v) is 6.50. The van der Waals surface area contributed by atoms with Crippen molar-refractivity contribution in [2.75, 3.05) is 10.6 Å². The highest BCUT2D eigenvalue weighted by Gasteiger charge is 2.24. The number of benzene rings is 1. The van der Waals surface area contributed by atoms with Crippen LogP contribution in [0.1, 0.15) is 39.2 Å². The number of nitrogens with one attached hydrogen (secondary N) is 2. The molecule has 1 aliphatic rings. The summed E-state index contributed by atoms with van der Waals surface area (Å²) in [4.78, 5) is 11.9. The van der Waals surface area contributed by atoms with Crippen molar-refractivity contribution in [1.82, 2.24) is 0 Å². The summed E-state index contributed by atoms with van der Waals surface area (Å²) in [6.45, 7) is 8.67. The molecule has 18 heavy (non-hydrogen) atoms. The molecule has 1 unspecified atom stereocenters. The monoisotopic (exact) mass is 246 g/mol. The highest BCUT2D eigenvalue weighted by atomic mass is 16.1. The molecule has 0 aliphatic carbocycles. The predicted molar refractivity (Wildman–Crippen MR) is 75.9 cm³/mol. The number of carbonyl (C=O) groups is 1. The molecule has 3 nitrogen and oxygen atoms in total. The van der Waals surface area contributed by atoms with E-state index in [2.05, 4.69) is 44.4 Å². The second kappa shape index (κ2) is 4.63. The lowest BCUT2D eigenvalue weighted by atomic mass is 9.87. The molecular weight excluding hydrogens is 224 g/mol. The summed E-state index contributed by atoms with van der Waals surface area (Å²) in [5.41, 5.74) is 3.34. The quantitative estimate of drug-likeness (QED) is 0.795. The van der Waals surface area contributed by atoms with E-state index in [9.17, 15) is 4.79 Å². The number of amides is 1. The van der Waals surface area contributed by atoms with Crippen LogP contribution in [0, 0.1) is 12.3 Å². The number of anilines is 2. The topological polar surface area (TPSA) is 41.1 Å². The molecule has 1 amide bonds. The number of hydrogen-bond acceptors (Lipinski definition) is 2. The van der Waals surface area contributed by atoms with E-state index in [0.717, 1.165) is 17.8 Å². The Morgan fingerprint density at radius 3 is 2.67 bits per heavy atom. The molecule has 0 spiro atoms. The first-order valence-electron chi connectivity index (χ1n) is 6.50. The predicted octanol–water partition coefficient (Wildman–Crippen LogP) is 3.55. The Bertz CT molecular complexity index is 460. The van der Waals surface area contributed by atoms with Crippen LogP contribution in [-0.2, 0) is 4.79 Å². The van der Waals surface area contributed by atoms with Gasteiger partial charge < -0.3 is 10.6 Å². The van der Waals surface area contributed by atoms with Gasteiger partial charge in [0.1, 0.15) is 0 Å². The van der Waals surface area contributed by atoms with Gasteiger partial charge in [0.05, 0.1) is 11.4 Å². The van der Waals surface area contributed by atoms with Crippen LogP contribution >= 0.6 is 0 Å². The first kappa shape index (κ1) is 12.9. The van der Waals surface area contributed by atoms with Gasteiger partial charge in [0, 0.05) is 12.5 Å². The third kappa shape index (κ3) is 3.25. The summed E-state index contributed by atoms with van der Waals surface area (Å²) in [5, 5.41) is 6.47. The van der Waals surface area contributed by atoms with Crippen molar-refractivity contribution in [3.8, 4) is 0 Å². The lowest BCUT2D eigenvalue weighted by Crippen LogP contribution is -2.27. The van der Waals surface area contributed by atoms with Gasteiger partial charge in [0.2, 0.25) is 5.91 Å². The largest absolute Gasteiger partial charge is 0.380 e. The van der Waals surface area contributed by atoms with E-state index in [-0.39, 0.29) is 17.4 Å². The molecule has 2 rings (SSSR count). The van der Waals surface area contributed by atoms with E-state index in [1.807, 2.05) is 12.1 Å². The van der Waals surface area contributed by atoms with Crippen molar-refractivity contribution in [2.45, 2.75) is 46.6 Å². The van der Waals surface area contributed by atoms with Gasteiger partial charge in [-0.25, -0.2) is 0 Å². The maximum absolute atomic E-state index is 11.9. The van der Waals surface area contributed by atoms with Crippen LogP contribution in [0.3, 0.4) is 0 Å². The molecule has 0 saturated heterocycles. The van der Waals surface area contributed by atoms with Gasteiger partial charge in [-0.3, -0.25) is 4.79 Å². The number of aryl methyl sites for hydroxylation is 1. The Labute approximate surface area is 109 Å². The van der Waals surface area contributed by atoms with Crippen molar-refractivity contribution >= 4 is 17.3 Å². The zero-order chi connectivity index (χ0) is 13.3. The van der Waals surface area contributed by atoms with Crippen LogP contribution in [0.4, 0.5) is 11.4 Å². The minimum atomic E-state index is 0.0966. The maximum atomic E-state index is 11.9. The number of hydrogen-bond donors (Lipinski definition) is 2. The second-order valence-electron chi connectivity index (χ2n) is 6.41. The molecule has 0 saturated carbocycles. The fourth-order valence-corrected chi connectivity index (χ4v) is 2.44. The standard InChI is InChI=1S/C15H22N2O/c1-10-5-6-12-13(7-10)16-11(8-14(18)17-12)9-15(2,3)4/h5-7,11,16H,8-9H2,1-4H3,(H,17,18). The summed E-state index contributed by atoms with van der Waals surface area (Å²) in [7, 11) is 0. The summed E-state index contributed by atoms with van der Waals surface area (Å²) in [6.07, 6.45) is 1.51. The van der Waals surface area contributed by atoms with Crippen LogP contribution in [0.2, 0.25) is 0 Å². The summed E-state index contributed by atoms with van der Waals surface area (Å²) in [6, 6.07) is 6.28. The number of rotatable bonds is 1. The van der Waals surface area contributed by atoms with Gasteiger partial charge in [0.25, 0.3) is 0 Å². The highest BCUT2D eigenvalue weighted by molar-refractivity contribution is 5.96. The highest BCUT2D eigenvalue weighted by Crippen LogP contribution is 2.31. The molecule has 1 atom stereocenters. The van der Waals surface area contributed by atoms with E-state index in [1.165, 1.54) is 5.56 Å². The molecule has 2 N–H and O–H groups in total. The van der Waals surface area contributed by atoms with Crippen LogP contribution < -0.4 is 10.6 Å². The van der Waals surface area contributed by atoms with Gasteiger partial charge >= 0.3 is 0 Å². The van der Waals surface area contributed by atoms with Gasteiger partial charge in [-0.05, 0) is 36.5 Å². The third-order valence-electron chi connectivity index (χ3n) is 3.10. The Kier molecular flexibility index (Phi) is 3.33. The fourth-order valence-electron chi connectivity index (χ4n) is 2.44. The summed E-state index contributed by atoms with van der Waals surface area (Å²) < 4.78 is 0. The SMILES string of the molecule is Cc1ccc2c(c1)NC(CC(C)(C)C)CC(=O)N2. The number of carbonyl (C=O) groups excluding carboxylic acids is 1. The Morgan fingerprint density at radius 1 is 1.28 bits per heavy atom. The molecule has 1 aromatic rings. The smallest absolute Gasteiger partial charge is 0.226 e. The van der Waals surface area contributed by atoms with E-state index in [1.54, 1.807) is 0 Å². The molecule has 1 aliphatic heterocycles. The fraction of sp³-hybridized carbons (Fsp3) is 0.533. The van der Waals surface area contributed by atoms with Crippen molar-refractivity contribution in [2.24, 2.45) is 5.41 Å². The van der Waals surface area contributed by atoms with Gasteiger partial charge in [-0.15, -0.1) is 0 Å². The van der Waals surface area contributed by atoms with E-state index >= 15 is 0 Å². The Morgan fingerprint density at radius 2 is 2.00 bits per heavy atom. The molecule has 0 radical (unpaired) electrons. The molecule has 0 aromatic heterocycles. The lowest BCUT2D eigenvalue weighted by molar-refractivity contribution is -0.116. The minimum absolute atomic E-state index is 0.0966. The lowest BCUT2D eigenvalue weighted by Gasteiger charge is -2.26. The molecular formula is C15H22N2O. The van der Waals surface area contributed by atoms with Crippen molar-refractivity contribution in [3.63, 3.8) is 0 Å². The minimum Gasteiger partial charge on any atom is -0.380 e. The van der Waals surface area contributed by atoms with Crippen LogP contribution in [0.25, 0.3) is 0 Å². The maximum Gasteiger partial charge on any atom is 0.226 e. The molecule has 3 heteroatoms. The zero-order valence-electron chi connectivity index (χ0n) is 11.6. The molecule has 1 heterocycles. The van der Waals surface area contributed by atoms with Crippen LogP contribution in [0.5, 0.6) is 0 Å². The van der Waals surface area contributed by atoms with Gasteiger partial charge in [0.15, 0.2) is 0 Å². The van der Waals surface area contributed by atoms with E-state index in [4.69, 9.17) is 0 Å².